The maximum atomic E-state index is 13.0. The van der Waals surface area contributed by atoms with Crippen LogP contribution in [-0.4, -0.2) is 34.8 Å². The molecule has 0 bridgehead atoms. The standard InChI is InChI=1S/C27H38N4O2/c1-26-12-10-20-18(7-9-23-27(20,2)13-11-25(33)31(23)3)19(26)8-6-17(26)15-24(32)30-21-5-4-14-29-22(21)16-28/h4-5,11,13-14,17-20,23H,6-10,12,15-16,28H2,1-3H3,(H,30,32)/t17-,18+,19+,20+,23-,26-,27-/m1/s1. The number of fused-ring (bicyclic) bond motifs is 5. The van der Waals surface area contributed by atoms with Crippen LogP contribution in [0, 0.1) is 34.5 Å². The Morgan fingerprint density at radius 1 is 1.21 bits per heavy atom. The predicted octanol–water partition coefficient (Wildman–Crippen LogP) is 4.12. The minimum absolute atomic E-state index is 0.0707. The van der Waals surface area contributed by atoms with Gasteiger partial charge in [0.05, 0.1) is 11.4 Å². The molecule has 2 heterocycles. The van der Waals surface area contributed by atoms with E-state index in [2.05, 4.69) is 30.2 Å². The third-order valence-electron chi connectivity index (χ3n) is 10.1. The van der Waals surface area contributed by atoms with E-state index in [0.29, 0.717) is 42.7 Å². The zero-order chi connectivity index (χ0) is 23.4. The van der Waals surface area contributed by atoms with E-state index in [1.807, 2.05) is 30.2 Å². The largest absolute Gasteiger partial charge is 0.338 e. The molecule has 178 valence electrons. The summed E-state index contributed by atoms with van der Waals surface area (Å²) in [7, 11) is 1.98. The lowest BCUT2D eigenvalue weighted by Crippen LogP contribution is -2.59. The molecule has 4 aliphatic rings. The van der Waals surface area contributed by atoms with Crippen molar-refractivity contribution in [1.82, 2.24) is 9.88 Å². The Bertz CT molecular complexity index is 977. The van der Waals surface area contributed by atoms with Gasteiger partial charge in [-0.1, -0.05) is 19.9 Å². The maximum absolute atomic E-state index is 13.0. The topological polar surface area (TPSA) is 88.3 Å². The fourth-order valence-electron chi connectivity index (χ4n) is 8.32. The highest BCUT2D eigenvalue weighted by Gasteiger charge is 2.60. The lowest BCUT2D eigenvalue weighted by Gasteiger charge is -2.60. The Morgan fingerprint density at radius 2 is 2.03 bits per heavy atom. The van der Waals surface area contributed by atoms with Crippen molar-refractivity contribution in [3.8, 4) is 0 Å². The molecule has 7 atom stereocenters. The van der Waals surface area contributed by atoms with E-state index in [4.69, 9.17) is 5.73 Å². The van der Waals surface area contributed by atoms with Crippen LogP contribution in [0.25, 0.3) is 0 Å². The summed E-state index contributed by atoms with van der Waals surface area (Å²) in [5, 5.41) is 3.08. The van der Waals surface area contributed by atoms with Gasteiger partial charge in [-0.2, -0.15) is 0 Å². The van der Waals surface area contributed by atoms with Crippen LogP contribution in [-0.2, 0) is 16.1 Å². The first-order valence-electron chi connectivity index (χ1n) is 12.7. The number of nitrogens with one attached hydrogen (secondary N) is 1. The predicted molar refractivity (Wildman–Crippen MR) is 129 cm³/mol. The summed E-state index contributed by atoms with van der Waals surface area (Å²) in [6.07, 6.45) is 13.3. The van der Waals surface area contributed by atoms with Gasteiger partial charge < -0.3 is 16.0 Å². The van der Waals surface area contributed by atoms with Crippen molar-refractivity contribution in [3.05, 3.63) is 36.2 Å². The zero-order valence-electron chi connectivity index (χ0n) is 20.2. The zero-order valence-corrected chi connectivity index (χ0v) is 20.2. The van der Waals surface area contributed by atoms with Crippen LogP contribution in [0.1, 0.15) is 64.5 Å². The first kappa shape index (κ1) is 22.6. The van der Waals surface area contributed by atoms with Gasteiger partial charge in [0.25, 0.3) is 0 Å². The normalized spacial score (nSPS) is 39.6. The third kappa shape index (κ3) is 3.52. The molecule has 1 aromatic rings. The number of likely N-dealkylation sites (N-methyl/N-ethyl adjacent to an activating group) is 1. The van der Waals surface area contributed by atoms with Gasteiger partial charge in [0.2, 0.25) is 11.8 Å². The number of carbonyl (C=O) groups excluding carboxylic acids is 2. The summed E-state index contributed by atoms with van der Waals surface area (Å²) in [5.74, 6) is 2.62. The van der Waals surface area contributed by atoms with Gasteiger partial charge in [0, 0.05) is 37.7 Å². The summed E-state index contributed by atoms with van der Waals surface area (Å²) in [6, 6.07) is 4.04. The molecule has 0 radical (unpaired) electrons. The fourth-order valence-corrected chi connectivity index (χ4v) is 8.32. The van der Waals surface area contributed by atoms with E-state index in [1.54, 1.807) is 6.20 Å². The van der Waals surface area contributed by atoms with Crippen molar-refractivity contribution in [2.75, 3.05) is 12.4 Å². The summed E-state index contributed by atoms with van der Waals surface area (Å²) in [4.78, 5) is 31.6. The van der Waals surface area contributed by atoms with Gasteiger partial charge in [-0.05, 0) is 85.8 Å². The molecule has 6 nitrogen and oxygen atoms in total. The molecule has 0 unspecified atom stereocenters. The van der Waals surface area contributed by atoms with Crippen molar-refractivity contribution >= 4 is 17.5 Å². The van der Waals surface area contributed by atoms with Crippen LogP contribution in [0.2, 0.25) is 0 Å². The minimum Gasteiger partial charge on any atom is -0.338 e. The smallest absolute Gasteiger partial charge is 0.246 e. The van der Waals surface area contributed by atoms with E-state index in [9.17, 15) is 9.59 Å². The average molecular weight is 451 g/mol. The third-order valence-corrected chi connectivity index (χ3v) is 10.1. The highest BCUT2D eigenvalue weighted by molar-refractivity contribution is 5.91. The van der Waals surface area contributed by atoms with Gasteiger partial charge in [-0.3, -0.25) is 14.6 Å². The van der Waals surface area contributed by atoms with Crippen LogP contribution in [0.4, 0.5) is 5.69 Å². The monoisotopic (exact) mass is 450 g/mol. The summed E-state index contributed by atoms with van der Waals surface area (Å²) in [6.45, 7) is 5.16. The Balaban J connectivity index is 1.31. The van der Waals surface area contributed by atoms with Crippen LogP contribution < -0.4 is 11.1 Å². The molecule has 3 aliphatic carbocycles. The van der Waals surface area contributed by atoms with Crippen LogP contribution in [0.5, 0.6) is 0 Å². The lowest BCUT2D eigenvalue weighted by molar-refractivity contribution is -0.139. The molecule has 2 amide bonds. The number of anilines is 1. The van der Waals surface area contributed by atoms with E-state index in [0.717, 1.165) is 24.2 Å². The van der Waals surface area contributed by atoms with Crippen LogP contribution in [0.15, 0.2) is 30.5 Å². The van der Waals surface area contributed by atoms with E-state index in [1.165, 1.54) is 25.7 Å². The lowest BCUT2D eigenvalue weighted by atomic mass is 9.47. The van der Waals surface area contributed by atoms with Gasteiger partial charge in [-0.15, -0.1) is 0 Å². The number of nitrogens with zero attached hydrogens (tertiary/aromatic N) is 2. The second kappa shape index (κ2) is 8.23. The van der Waals surface area contributed by atoms with E-state index in [-0.39, 0.29) is 22.6 Å². The quantitative estimate of drug-likeness (QED) is 0.722. The molecule has 3 fully saturated rings. The van der Waals surface area contributed by atoms with Gasteiger partial charge in [0.15, 0.2) is 0 Å². The molecule has 3 saturated carbocycles. The van der Waals surface area contributed by atoms with Crippen molar-refractivity contribution in [2.45, 2.75) is 71.4 Å². The van der Waals surface area contributed by atoms with Gasteiger partial charge in [-0.25, -0.2) is 0 Å². The van der Waals surface area contributed by atoms with Crippen molar-refractivity contribution in [2.24, 2.45) is 40.2 Å². The molecule has 0 saturated heterocycles. The SMILES string of the molecule is CN1C(=O)C=C[C@]2(C)[C@H]3CC[C@]4(C)[C@@H](CC(=O)Nc5cccnc5CN)CC[C@H]4[C@@H]3CC[C@@H]12. The summed E-state index contributed by atoms with van der Waals surface area (Å²) >= 11 is 0. The number of aromatic nitrogens is 1. The second-order valence-corrected chi connectivity index (χ2v) is 11.4. The van der Waals surface area contributed by atoms with Gasteiger partial charge >= 0.3 is 0 Å². The average Bonchev–Trinajstić information content (AvgIpc) is 3.13. The second-order valence-electron chi connectivity index (χ2n) is 11.4. The molecule has 1 aliphatic heterocycles. The Labute approximate surface area is 197 Å². The first-order valence-corrected chi connectivity index (χ1v) is 12.7. The summed E-state index contributed by atoms with van der Waals surface area (Å²) in [5.41, 5.74) is 7.55. The van der Waals surface area contributed by atoms with Gasteiger partial charge in [0.1, 0.15) is 0 Å². The molecule has 3 N–H and O–H groups in total. The molecular weight excluding hydrogens is 412 g/mol. The number of rotatable bonds is 4. The number of hydrogen-bond donors (Lipinski definition) is 2. The molecule has 0 spiro atoms. The summed E-state index contributed by atoms with van der Waals surface area (Å²) < 4.78 is 0. The fraction of sp³-hybridized carbons (Fsp3) is 0.667. The first-order chi connectivity index (χ1) is 15.8. The number of hydrogen-bond acceptors (Lipinski definition) is 4. The minimum atomic E-state index is 0.0707. The Morgan fingerprint density at radius 3 is 2.82 bits per heavy atom. The molecule has 1 aromatic heterocycles. The maximum Gasteiger partial charge on any atom is 0.246 e. The molecule has 0 aromatic carbocycles. The number of pyridine rings is 1. The van der Waals surface area contributed by atoms with Crippen LogP contribution >= 0.6 is 0 Å². The van der Waals surface area contributed by atoms with Crippen molar-refractivity contribution < 1.29 is 9.59 Å². The number of nitrogens with two attached hydrogens (primary N) is 1. The van der Waals surface area contributed by atoms with E-state index < -0.39 is 0 Å². The Hall–Kier alpha value is -2.21. The van der Waals surface area contributed by atoms with E-state index >= 15 is 0 Å². The number of amides is 2. The van der Waals surface area contributed by atoms with Crippen LogP contribution in [0.3, 0.4) is 0 Å². The van der Waals surface area contributed by atoms with Crippen molar-refractivity contribution in [3.63, 3.8) is 0 Å². The highest BCUT2D eigenvalue weighted by atomic mass is 16.2. The highest BCUT2D eigenvalue weighted by Crippen LogP contribution is 2.65. The Kier molecular flexibility index (Phi) is 5.63. The molecule has 33 heavy (non-hydrogen) atoms. The molecular formula is C27H38N4O2. The van der Waals surface area contributed by atoms with Crippen molar-refractivity contribution in [1.29, 1.82) is 0 Å². The number of carbonyl (C=O) groups is 2. The molecule has 5 rings (SSSR count). The molecule has 6 heteroatoms.